The van der Waals surface area contributed by atoms with E-state index in [0.29, 0.717) is 12.2 Å². The SMILES string of the molecule is CCc1cccc(N2CCc3cnn(-c4ccc(OC)cc4)c3C2=O)c1. The average Bonchev–Trinajstić information content (AvgIpc) is 3.13. The van der Waals surface area contributed by atoms with Crippen LogP contribution in [0.2, 0.25) is 0 Å². The molecule has 26 heavy (non-hydrogen) atoms. The van der Waals surface area contributed by atoms with Crippen LogP contribution in [-0.2, 0) is 12.8 Å². The number of carbonyl (C=O) groups excluding carboxylic acids is 1. The van der Waals surface area contributed by atoms with Gasteiger partial charge in [0.25, 0.3) is 5.91 Å². The van der Waals surface area contributed by atoms with E-state index < -0.39 is 0 Å². The molecule has 0 aliphatic carbocycles. The van der Waals surface area contributed by atoms with Gasteiger partial charge in [-0.3, -0.25) is 4.79 Å². The molecular formula is C21H21N3O2. The van der Waals surface area contributed by atoms with Gasteiger partial charge in [0.15, 0.2) is 0 Å². The van der Waals surface area contributed by atoms with Gasteiger partial charge in [-0.05, 0) is 54.8 Å². The number of hydrogen-bond donors (Lipinski definition) is 0. The maximum Gasteiger partial charge on any atom is 0.277 e. The molecule has 0 radical (unpaired) electrons. The summed E-state index contributed by atoms with van der Waals surface area (Å²) in [4.78, 5) is 15.1. The van der Waals surface area contributed by atoms with E-state index >= 15 is 0 Å². The number of ether oxygens (including phenoxy) is 1. The smallest absolute Gasteiger partial charge is 0.277 e. The molecule has 0 saturated heterocycles. The third kappa shape index (κ3) is 2.75. The number of anilines is 1. The molecule has 2 heterocycles. The van der Waals surface area contributed by atoms with Gasteiger partial charge in [0, 0.05) is 17.8 Å². The van der Waals surface area contributed by atoms with Crippen molar-refractivity contribution in [2.45, 2.75) is 19.8 Å². The van der Waals surface area contributed by atoms with E-state index in [1.54, 1.807) is 18.0 Å². The van der Waals surface area contributed by atoms with Gasteiger partial charge in [0.05, 0.1) is 19.0 Å². The summed E-state index contributed by atoms with van der Waals surface area (Å²) in [6, 6.07) is 15.8. The molecule has 3 aromatic rings. The molecule has 0 bridgehead atoms. The Balaban J connectivity index is 1.72. The third-order valence-electron chi connectivity index (χ3n) is 4.84. The number of aryl methyl sites for hydroxylation is 1. The van der Waals surface area contributed by atoms with Crippen LogP contribution in [0.1, 0.15) is 28.5 Å². The predicted molar refractivity (Wildman–Crippen MR) is 101 cm³/mol. The minimum absolute atomic E-state index is 0.00665. The van der Waals surface area contributed by atoms with Crippen LogP contribution in [0.15, 0.2) is 54.7 Å². The minimum Gasteiger partial charge on any atom is -0.497 e. The van der Waals surface area contributed by atoms with Gasteiger partial charge in [-0.25, -0.2) is 4.68 Å². The van der Waals surface area contributed by atoms with Crippen molar-refractivity contribution >= 4 is 11.6 Å². The Morgan fingerprint density at radius 1 is 1.12 bits per heavy atom. The fraction of sp³-hybridized carbons (Fsp3) is 0.238. The standard InChI is InChI=1S/C21H21N3O2/c1-3-15-5-4-6-18(13-15)23-12-11-16-14-22-24(20(16)21(23)25)17-7-9-19(26-2)10-8-17/h4-10,13-14H,3,11-12H2,1-2H3. The number of rotatable bonds is 4. The fourth-order valence-electron chi connectivity index (χ4n) is 3.36. The number of amides is 1. The number of benzene rings is 2. The number of carbonyl (C=O) groups is 1. The second-order valence-electron chi connectivity index (χ2n) is 6.36. The van der Waals surface area contributed by atoms with Crippen molar-refractivity contribution in [2.75, 3.05) is 18.6 Å². The first kappa shape index (κ1) is 16.4. The molecule has 0 N–H and O–H groups in total. The molecule has 0 spiro atoms. The van der Waals surface area contributed by atoms with Crippen LogP contribution in [0.3, 0.4) is 0 Å². The van der Waals surface area contributed by atoms with Crippen molar-refractivity contribution in [1.82, 2.24) is 9.78 Å². The van der Waals surface area contributed by atoms with E-state index in [0.717, 1.165) is 35.5 Å². The normalized spacial score (nSPS) is 13.6. The van der Waals surface area contributed by atoms with Gasteiger partial charge >= 0.3 is 0 Å². The lowest BCUT2D eigenvalue weighted by Gasteiger charge is -2.28. The lowest BCUT2D eigenvalue weighted by molar-refractivity contribution is 0.0973. The Labute approximate surface area is 152 Å². The van der Waals surface area contributed by atoms with Gasteiger partial charge in [-0.2, -0.15) is 5.10 Å². The lowest BCUT2D eigenvalue weighted by Crippen LogP contribution is -2.38. The Morgan fingerprint density at radius 3 is 2.65 bits per heavy atom. The Bertz CT molecular complexity index is 944. The van der Waals surface area contributed by atoms with E-state index in [1.807, 2.05) is 41.3 Å². The maximum absolute atomic E-state index is 13.2. The van der Waals surface area contributed by atoms with Crippen LogP contribution in [0, 0.1) is 0 Å². The highest BCUT2D eigenvalue weighted by Gasteiger charge is 2.30. The highest BCUT2D eigenvalue weighted by molar-refractivity contribution is 6.07. The van der Waals surface area contributed by atoms with Gasteiger partial charge < -0.3 is 9.64 Å². The van der Waals surface area contributed by atoms with E-state index in [9.17, 15) is 4.79 Å². The maximum atomic E-state index is 13.2. The molecular weight excluding hydrogens is 326 g/mol. The summed E-state index contributed by atoms with van der Waals surface area (Å²) in [5, 5.41) is 4.46. The Morgan fingerprint density at radius 2 is 1.92 bits per heavy atom. The fourth-order valence-corrected chi connectivity index (χ4v) is 3.36. The van der Waals surface area contributed by atoms with E-state index in [-0.39, 0.29) is 5.91 Å². The lowest BCUT2D eigenvalue weighted by atomic mass is 10.0. The van der Waals surface area contributed by atoms with Crippen molar-refractivity contribution in [3.63, 3.8) is 0 Å². The topological polar surface area (TPSA) is 47.4 Å². The monoisotopic (exact) mass is 347 g/mol. The Hall–Kier alpha value is -3.08. The van der Waals surface area contributed by atoms with Crippen LogP contribution < -0.4 is 9.64 Å². The first-order chi connectivity index (χ1) is 12.7. The molecule has 132 valence electrons. The second kappa shape index (κ2) is 6.67. The summed E-state index contributed by atoms with van der Waals surface area (Å²) < 4.78 is 6.94. The molecule has 4 rings (SSSR count). The number of nitrogens with zero attached hydrogens (tertiary/aromatic N) is 3. The molecule has 0 unspecified atom stereocenters. The molecule has 2 aromatic carbocycles. The number of hydrogen-bond acceptors (Lipinski definition) is 3. The molecule has 0 atom stereocenters. The van der Waals surface area contributed by atoms with Crippen LogP contribution in [0.4, 0.5) is 5.69 Å². The first-order valence-corrected chi connectivity index (χ1v) is 8.83. The van der Waals surface area contributed by atoms with Gasteiger partial charge in [-0.1, -0.05) is 19.1 Å². The van der Waals surface area contributed by atoms with Crippen molar-refractivity contribution in [1.29, 1.82) is 0 Å². The molecule has 1 aliphatic rings. The summed E-state index contributed by atoms with van der Waals surface area (Å²) in [6.07, 6.45) is 3.55. The van der Waals surface area contributed by atoms with Crippen molar-refractivity contribution < 1.29 is 9.53 Å². The van der Waals surface area contributed by atoms with Crippen molar-refractivity contribution in [3.05, 3.63) is 71.5 Å². The summed E-state index contributed by atoms with van der Waals surface area (Å²) in [6.45, 7) is 2.79. The first-order valence-electron chi connectivity index (χ1n) is 8.83. The number of methoxy groups -OCH3 is 1. The van der Waals surface area contributed by atoms with Gasteiger partial charge in [0.2, 0.25) is 0 Å². The number of aromatic nitrogens is 2. The highest BCUT2D eigenvalue weighted by atomic mass is 16.5. The second-order valence-corrected chi connectivity index (χ2v) is 6.36. The van der Waals surface area contributed by atoms with Crippen molar-refractivity contribution in [2.24, 2.45) is 0 Å². The van der Waals surface area contributed by atoms with E-state index in [1.165, 1.54) is 5.56 Å². The van der Waals surface area contributed by atoms with Gasteiger partial charge in [0.1, 0.15) is 11.4 Å². The molecule has 1 aromatic heterocycles. The summed E-state index contributed by atoms with van der Waals surface area (Å²) in [5.41, 5.74) is 4.66. The predicted octanol–water partition coefficient (Wildman–Crippen LogP) is 3.65. The molecule has 0 saturated carbocycles. The quantitative estimate of drug-likeness (QED) is 0.724. The summed E-state index contributed by atoms with van der Waals surface area (Å²) in [5.74, 6) is 0.770. The highest BCUT2D eigenvalue weighted by Crippen LogP contribution is 2.27. The van der Waals surface area contributed by atoms with Crippen LogP contribution in [-0.4, -0.2) is 29.3 Å². The van der Waals surface area contributed by atoms with Crippen LogP contribution in [0.5, 0.6) is 5.75 Å². The van der Waals surface area contributed by atoms with E-state index in [2.05, 4.69) is 24.2 Å². The molecule has 1 aliphatic heterocycles. The summed E-state index contributed by atoms with van der Waals surface area (Å²) in [7, 11) is 1.64. The van der Waals surface area contributed by atoms with Gasteiger partial charge in [-0.15, -0.1) is 0 Å². The van der Waals surface area contributed by atoms with E-state index in [4.69, 9.17) is 4.74 Å². The third-order valence-corrected chi connectivity index (χ3v) is 4.84. The molecule has 5 heteroatoms. The number of fused-ring (bicyclic) bond motifs is 1. The van der Waals surface area contributed by atoms with Crippen molar-refractivity contribution in [3.8, 4) is 11.4 Å². The molecule has 1 amide bonds. The largest absolute Gasteiger partial charge is 0.497 e. The summed E-state index contributed by atoms with van der Waals surface area (Å²) >= 11 is 0. The molecule has 0 fully saturated rings. The van der Waals surface area contributed by atoms with Crippen LogP contribution >= 0.6 is 0 Å². The molecule has 5 nitrogen and oxygen atoms in total. The zero-order valence-corrected chi connectivity index (χ0v) is 15.0. The average molecular weight is 347 g/mol. The minimum atomic E-state index is -0.00665. The zero-order valence-electron chi connectivity index (χ0n) is 15.0. The zero-order chi connectivity index (χ0) is 18.1. The Kier molecular flexibility index (Phi) is 4.21. The van der Waals surface area contributed by atoms with Crippen LogP contribution in [0.25, 0.3) is 5.69 Å².